The average molecular weight is 557 g/mol. The summed E-state index contributed by atoms with van der Waals surface area (Å²) in [5.41, 5.74) is 20.9. The van der Waals surface area contributed by atoms with Gasteiger partial charge in [0.1, 0.15) is 5.75 Å². The third kappa shape index (κ3) is 5.64. The molecule has 222 valence electrons. The van der Waals surface area contributed by atoms with Crippen LogP contribution in [0.1, 0.15) is 125 Å². The van der Waals surface area contributed by atoms with Crippen LogP contribution in [0.15, 0.2) is 36.4 Å². The molecule has 0 aliphatic heterocycles. The van der Waals surface area contributed by atoms with E-state index in [0.717, 1.165) is 38.5 Å². The van der Waals surface area contributed by atoms with E-state index in [1.807, 2.05) is 6.07 Å². The van der Waals surface area contributed by atoms with Gasteiger partial charge in [0.05, 0.1) is 0 Å². The first-order valence-corrected chi connectivity index (χ1v) is 16.8. The lowest BCUT2D eigenvalue weighted by Crippen LogP contribution is -2.52. The molecule has 0 heterocycles. The summed E-state index contributed by atoms with van der Waals surface area (Å²) in [6.07, 6.45) is 18.0. The van der Waals surface area contributed by atoms with E-state index >= 15 is 0 Å². The number of esters is 1. The van der Waals surface area contributed by atoms with Crippen molar-refractivity contribution in [1.29, 1.82) is 0 Å². The van der Waals surface area contributed by atoms with Gasteiger partial charge in [0.15, 0.2) is 0 Å². The Morgan fingerprint density at radius 3 is 2.00 bits per heavy atom. The van der Waals surface area contributed by atoms with E-state index < -0.39 is 0 Å². The highest BCUT2D eigenvalue weighted by molar-refractivity contribution is 5.72. The van der Waals surface area contributed by atoms with E-state index in [-0.39, 0.29) is 28.9 Å². The van der Waals surface area contributed by atoms with Crippen LogP contribution in [-0.4, -0.2) is 18.1 Å². The summed E-state index contributed by atoms with van der Waals surface area (Å²) < 4.78 is 5.88. The van der Waals surface area contributed by atoms with Gasteiger partial charge < -0.3 is 16.2 Å². The Bertz CT molecular complexity index is 1260. The van der Waals surface area contributed by atoms with Gasteiger partial charge in [-0.05, 0) is 110 Å². The molecule has 4 aliphatic carbocycles. The summed E-state index contributed by atoms with van der Waals surface area (Å²) >= 11 is 0. The van der Waals surface area contributed by atoms with Crippen molar-refractivity contribution in [2.45, 2.75) is 139 Å². The highest BCUT2D eigenvalue weighted by Gasteiger charge is 2.45. The minimum atomic E-state index is -0.129. The summed E-state index contributed by atoms with van der Waals surface area (Å²) in [5, 5.41) is 0. The number of nitrogens with two attached hydrogens (primary N) is 2. The van der Waals surface area contributed by atoms with Gasteiger partial charge in [0.25, 0.3) is 0 Å². The van der Waals surface area contributed by atoms with Crippen LogP contribution in [0, 0.1) is 11.8 Å². The number of fused-ring (bicyclic) bond motifs is 8. The first-order valence-electron chi connectivity index (χ1n) is 16.8. The SMILES string of the molecule is CC12CCCCCC(Cc3ccc(CCCCC(=O)Oc4ccc5c(c4)C4(C)CCCCCC(C5)C4N)cc31)C2N. The summed E-state index contributed by atoms with van der Waals surface area (Å²) in [6.45, 7) is 4.75. The molecule has 2 saturated carbocycles. The van der Waals surface area contributed by atoms with Crippen molar-refractivity contribution in [2.75, 3.05) is 0 Å². The lowest BCUT2D eigenvalue weighted by atomic mass is 9.60. The van der Waals surface area contributed by atoms with Crippen molar-refractivity contribution in [3.8, 4) is 5.75 Å². The predicted octanol–water partition coefficient (Wildman–Crippen LogP) is 7.45. The maximum Gasteiger partial charge on any atom is 0.311 e. The first-order chi connectivity index (χ1) is 19.8. The molecule has 6 unspecified atom stereocenters. The van der Waals surface area contributed by atoms with Crippen LogP contribution in [0.5, 0.6) is 5.75 Å². The van der Waals surface area contributed by atoms with Gasteiger partial charge >= 0.3 is 5.97 Å². The van der Waals surface area contributed by atoms with Crippen LogP contribution >= 0.6 is 0 Å². The summed E-state index contributed by atoms with van der Waals surface area (Å²) in [5.74, 6) is 1.73. The van der Waals surface area contributed by atoms with Gasteiger partial charge in [0, 0.05) is 29.3 Å². The molecule has 2 fully saturated rings. The zero-order chi connectivity index (χ0) is 28.6. The van der Waals surface area contributed by atoms with Crippen LogP contribution in [-0.2, 0) is 34.9 Å². The fourth-order valence-corrected chi connectivity index (χ4v) is 9.13. The number of carbonyl (C=O) groups is 1. The number of unbranched alkanes of at least 4 members (excludes halogenated alkanes) is 1. The molecule has 2 aromatic rings. The third-order valence-electron chi connectivity index (χ3n) is 11.8. The maximum absolute atomic E-state index is 12.8. The van der Waals surface area contributed by atoms with Crippen LogP contribution < -0.4 is 16.2 Å². The second-order valence-electron chi connectivity index (χ2n) is 14.5. The number of rotatable bonds is 6. The second kappa shape index (κ2) is 11.8. The van der Waals surface area contributed by atoms with Gasteiger partial charge in [-0.1, -0.05) is 76.6 Å². The minimum Gasteiger partial charge on any atom is -0.427 e. The summed E-state index contributed by atoms with van der Waals surface area (Å²) in [4.78, 5) is 12.8. The van der Waals surface area contributed by atoms with Crippen molar-refractivity contribution in [1.82, 2.24) is 0 Å². The van der Waals surface area contributed by atoms with Crippen LogP contribution in [0.4, 0.5) is 0 Å². The van der Waals surface area contributed by atoms with Crippen LogP contribution in [0.2, 0.25) is 0 Å². The van der Waals surface area contributed by atoms with Crippen LogP contribution in [0.3, 0.4) is 0 Å². The fourth-order valence-electron chi connectivity index (χ4n) is 9.13. The number of benzene rings is 2. The van der Waals surface area contributed by atoms with Crippen molar-refractivity contribution in [2.24, 2.45) is 23.3 Å². The molecule has 4 heteroatoms. The highest BCUT2D eigenvalue weighted by Crippen LogP contribution is 2.47. The van der Waals surface area contributed by atoms with Crippen molar-refractivity contribution < 1.29 is 9.53 Å². The largest absolute Gasteiger partial charge is 0.427 e. The van der Waals surface area contributed by atoms with Crippen LogP contribution in [0.25, 0.3) is 0 Å². The lowest BCUT2D eigenvalue weighted by Gasteiger charge is -2.47. The molecule has 4 N–H and O–H groups in total. The molecule has 4 aliphatic rings. The minimum absolute atomic E-state index is 0.0339. The van der Waals surface area contributed by atoms with Crippen molar-refractivity contribution >= 4 is 5.97 Å². The van der Waals surface area contributed by atoms with Gasteiger partial charge in [-0.25, -0.2) is 0 Å². The van der Waals surface area contributed by atoms with Crippen molar-refractivity contribution in [3.05, 3.63) is 64.2 Å². The molecule has 0 spiro atoms. The smallest absolute Gasteiger partial charge is 0.311 e. The van der Waals surface area contributed by atoms with Gasteiger partial charge in [-0.15, -0.1) is 0 Å². The van der Waals surface area contributed by atoms with E-state index in [4.69, 9.17) is 16.2 Å². The Labute approximate surface area is 248 Å². The Kier molecular flexibility index (Phi) is 8.35. The predicted molar refractivity (Wildman–Crippen MR) is 167 cm³/mol. The summed E-state index contributed by atoms with van der Waals surface area (Å²) in [6, 6.07) is 13.9. The molecule has 2 aromatic carbocycles. The number of carbonyl (C=O) groups excluding carboxylic acids is 1. The monoisotopic (exact) mass is 556 g/mol. The number of hydrogen-bond donors (Lipinski definition) is 2. The molecule has 0 aromatic heterocycles. The van der Waals surface area contributed by atoms with E-state index in [1.165, 1.54) is 85.6 Å². The van der Waals surface area contributed by atoms with Gasteiger partial charge in [-0.3, -0.25) is 4.79 Å². The fraction of sp³-hybridized carbons (Fsp3) is 0.649. The van der Waals surface area contributed by atoms with Gasteiger partial charge in [0.2, 0.25) is 0 Å². The van der Waals surface area contributed by atoms with Gasteiger partial charge in [-0.2, -0.15) is 0 Å². The Morgan fingerprint density at radius 2 is 1.37 bits per heavy atom. The Morgan fingerprint density at radius 1 is 0.780 bits per heavy atom. The molecule has 4 bridgehead atoms. The molecule has 6 rings (SSSR count). The topological polar surface area (TPSA) is 78.3 Å². The molecule has 0 amide bonds. The van der Waals surface area contributed by atoms with E-state index in [1.54, 1.807) is 0 Å². The Balaban J connectivity index is 1.05. The molecule has 6 atom stereocenters. The standard InChI is InChI=1S/C37H52N2O2/c1-36-19-9-3-5-12-28(34(36)38)22-26-16-15-25(21-31(26)36)11-7-8-14-33(40)41-30-18-17-27-23-29-13-6-4-10-20-37(2,35(29)39)32(27)24-30/h15-18,21,24,28-29,34-35H,3-14,19-20,22-23,38-39H2,1-2H3. The summed E-state index contributed by atoms with van der Waals surface area (Å²) in [7, 11) is 0. The zero-order valence-corrected chi connectivity index (χ0v) is 25.6. The molecule has 0 radical (unpaired) electrons. The second-order valence-corrected chi connectivity index (χ2v) is 14.5. The number of ether oxygens (including phenoxy) is 1. The zero-order valence-electron chi connectivity index (χ0n) is 25.6. The van der Waals surface area contributed by atoms with Crippen molar-refractivity contribution in [3.63, 3.8) is 0 Å². The lowest BCUT2D eigenvalue weighted by molar-refractivity contribution is -0.134. The van der Waals surface area contributed by atoms with E-state index in [2.05, 4.69) is 44.2 Å². The normalized spacial score (nSPS) is 32.9. The molecular formula is C37H52N2O2. The number of aryl methyl sites for hydroxylation is 1. The third-order valence-corrected chi connectivity index (χ3v) is 11.8. The number of hydrogen-bond acceptors (Lipinski definition) is 4. The molecule has 0 saturated heterocycles. The maximum atomic E-state index is 12.8. The average Bonchev–Trinajstić information content (AvgIpc) is 2.96. The van der Waals surface area contributed by atoms with E-state index in [9.17, 15) is 4.79 Å². The molecule has 4 nitrogen and oxygen atoms in total. The highest BCUT2D eigenvalue weighted by atomic mass is 16.5. The first kappa shape index (κ1) is 28.9. The van der Waals surface area contributed by atoms with E-state index in [0.29, 0.717) is 24.0 Å². The quantitative estimate of drug-likeness (QED) is 0.220. The molecule has 41 heavy (non-hydrogen) atoms. The molecular weight excluding hydrogens is 504 g/mol. The Hall–Kier alpha value is -2.17.